The molecule has 14 nitrogen and oxygen atoms in total. The third-order valence-corrected chi connectivity index (χ3v) is 9.90. The smallest absolute Gasteiger partial charge is 0.410 e. The molecule has 312 valence electrons. The van der Waals surface area contributed by atoms with E-state index in [9.17, 15) is 14.4 Å². The molecule has 2 aliphatic heterocycles. The van der Waals surface area contributed by atoms with Crippen molar-refractivity contribution in [3.8, 4) is 5.88 Å². The van der Waals surface area contributed by atoms with Gasteiger partial charge in [-0.2, -0.15) is 0 Å². The van der Waals surface area contributed by atoms with E-state index in [-0.39, 0.29) is 80.4 Å². The minimum Gasteiger partial charge on any atom is -0.500 e. The molecule has 2 aliphatic rings. The van der Waals surface area contributed by atoms with Crippen molar-refractivity contribution in [3.05, 3.63) is 59.2 Å². The number of ether oxygens (including phenoxy) is 5. The Labute approximate surface area is 341 Å². The van der Waals surface area contributed by atoms with Crippen molar-refractivity contribution in [1.29, 1.82) is 0 Å². The minimum absolute atomic E-state index is 0.0272. The zero-order chi connectivity index (χ0) is 42.0. The predicted molar refractivity (Wildman–Crippen MR) is 215 cm³/mol. The van der Waals surface area contributed by atoms with Crippen LogP contribution >= 0.6 is 11.6 Å². The van der Waals surface area contributed by atoms with Crippen LogP contribution in [0.25, 0.3) is 28.1 Å². The number of aromatic nitrogens is 3. The summed E-state index contributed by atoms with van der Waals surface area (Å²) in [5.41, 5.74) is -1.90. The number of pyridine rings is 1. The molecule has 0 bridgehead atoms. The number of halogens is 2. The number of piperidine rings is 1. The van der Waals surface area contributed by atoms with Crippen molar-refractivity contribution in [2.45, 2.75) is 104 Å². The third-order valence-electron chi connectivity index (χ3n) is 9.69. The molecule has 3 aromatic heterocycles. The van der Waals surface area contributed by atoms with Crippen molar-refractivity contribution in [1.82, 2.24) is 19.9 Å². The molecule has 6 rings (SSSR count). The molecule has 16 heteroatoms. The Hall–Kier alpha value is -5.18. The molecule has 2 fully saturated rings. The average molecular weight is 824 g/mol. The van der Waals surface area contributed by atoms with E-state index in [4.69, 9.17) is 49.7 Å². The van der Waals surface area contributed by atoms with Crippen molar-refractivity contribution in [2.75, 3.05) is 37.7 Å². The van der Waals surface area contributed by atoms with Crippen LogP contribution in [0.3, 0.4) is 0 Å². The van der Waals surface area contributed by atoms with E-state index in [0.717, 1.165) is 5.39 Å². The van der Waals surface area contributed by atoms with Crippen molar-refractivity contribution < 1.29 is 46.9 Å². The first-order valence-electron chi connectivity index (χ1n) is 19.5. The van der Waals surface area contributed by atoms with Crippen LogP contribution < -0.4 is 9.64 Å². The van der Waals surface area contributed by atoms with Crippen LogP contribution in [-0.2, 0) is 34.2 Å². The Bertz CT molecular complexity index is 2180. The van der Waals surface area contributed by atoms with Crippen molar-refractivity contribution in [2.24, 2.45) is 5.92 Å². The monoisotopic (exact) mass is 823 g/mol. The van der Waals surface area contributed by atoms with Crippen molar-refractivity contribution >= 4 is 63.6 Å². The zero-order valence-corrected chi connectivity index (χ0v) is 34.9. The van der Waals surface area contributed by atoms with E-state index in [2.05, 4.69) is 4.98 Å². The number of hydrogen-bond acceptors (Lipinski definition) is 13. The second kappa shape index (κ2) is 17.0. The summed E-state index contributed by atoms with van der Waals surface area (Å²) < 4.78 is 52.2. The first-order chi connectivity index (χ1) is 27.3. The molecule has 2 saturated heterocycles. The number of rotatable bonds is 11. The van der Waals surface area contributed by atoms with Crippen LogP contribution in [-0.4, -0.2) is 94.1 Å². The SMILES string of the molecule is CCOC(=O)CCOC=Cc1nc(N2C[C@@H](Oc3ncc(Cl)cc3[C@@]3(F)CCN(C(=O)OC(C)(C)C)C[C@@H]3C)C[C@H]2C(=O)OC(C)(C)C)c2oc3ccccc3c2n1. The number of carbonyl (C=O) groups excluding carboxylic acids is 3. The van der Waals surface area contributed by atoms with Gasteiger partial charge in [-0.3, -0.25) is 4.79 Å². The highest BCUT2D eigenvalue weighted by Crippen LogP contribution is 2.46. The fourth-order valence-corrected chi connectivity index (χ4v) is 7.26. The second-order valence-electron chi connectivity index (χ2n) is 16.5. The van der Waals surface area contributed by atoms with Gasteiger partial charge in [0.15, 0.2) is 17.2 Å². The number of carbonyl (C=O) groups is 3. The molecule has 0 saturated carbocycles. The number of nitrogens with zero attached hydrogens (tertiary/aromatic N) is 5. The topological polar surface area (TPSA) is 156 Å². The summed E-state index contributed by atoms with van der Waals surface area (Å²) in [5, 5.41) is 0.953. The van der Waals surface area contributed by atoms with Crippen LogP contribution in [0.2, 0.25) is 5.02 Å². The number of furan rings is 1. The van der Waals surface area contributed by atoms with Gasteiger partial charge in [0.1, 0.15) is 40.1 Å². The highest BCUT2D eigenvalue weighted by atomic mass is 35.5. The molecular formula is C42H51ClFN5O9. The molecule has 0 radical (unpaired) electrons. The molecule has 58 heavy (non-hydrogen) atoms. The Morgan fingerprint density at radius 3 is 2.52 bits per heavy atom. The highest BCUT2D eigenvalue weighted by molar-refractivity contribution is 6.30. The maximum absolute atomic E-state index is 17.4. The fourth-order valence-electron chi connectivity index (χ4n) is 7.10. The molecule has 0 unspecified atom stereocenters. The maximum Gasteiger partial charge on any atom is 0.410 e. The van der Waals surface area contributed by atoms with Gasteiger partial charge in [-0.15, -0.1) is 0 Å². The number of anilines is 1. The third kappa shape index (κ3) is 9.74. The number of benzene rings is 1. The van der Waals surface area contributed by atoms with E-state index in [1.807, 2.05) is 24.3 Å². The average Bonchev–Trinajstić information content (AvgIpc) is 3.73. The lowest BCUT2D eigenvalue weighted by Crippen LogP contribution is -2.50. The van der Waals surface area contributed by atoms with E-state index in [1.54, 1.807) is 66.4 Å². The number of fused-ring (bicyclic) bond motifs is 3. The molecule has 0 aliphatic carbocycles. The molecule has 0 N–H and O–H groups in total. The maximum atomic E-state index is 17.4. The minimum atomic E-state index is -1.96. The van der Waals surface area contributed by atoms with Gasteiger partial charge in [0.05, 0.1) is 43.0 Å². The van der Waals surface area contributed by atoms with E-state index < -0.39 is 47.0 Å². The number of alkyl halides is 1. The Morgan fingerprint density at radius 1 is 1.07 bits per heavy atom. The Morgan fingerprint density at radius 2 is 1.81 bits per heavy atom. The summed E-state index contributed by atoms with van der Waals surface area (Å²) in [4.78, 5) is 56.0. The first-order valence-corrected chi connectivity index (χ1v) is 19.8. The molecule has 4 aromatic rings. The van der Waals surface area contributed by atoms with Gasteiger partial charge in [0, 0.05) is 49.5 Å². The van der Waals surface area contributed by atoms with Crippen LogP contribution in [0.4, 0.5) is 15.0 Å². The quantitative estimate of drug-likeness (QED) is 0.0619. The van der Waals surface area contributed by atoms with Crippen molar-refractivity contribution in [3.63, 3.8) is 0 Å². The van der Waals surface area contributed by atoms with E-state index in [1.165, 1.54) is 23.4 Å². The highest BCUT2D eigenvalue weighted by Gasteiger charge is 2.48. The molecule has 4 atom stereocenters. The predicted octanol–water partition coefficient (Wildman–Crippen LogP) is 8.17. The van der Waals surface area contributed by atoms with Gasteiger partial charge >= 0.3 is 18.0 Å². The normalized spacial score (nSPS) is 21.4. The zero-order valence-electron chi connectivity index (χ0n) is 34.2. The summed E-state index contributed by atoms with van der Waals surface area (Å²) in [6.07, 6.45) is 3.29. The largest absolute Gasteiger partial charge is 0.500 e. The number of para-hydroxylation sites is 1. The molecule has 0 spiro atoms. The molecular weight excluding hydrogens is 773 g/mol. The number of hydrogen-bond donors (Lipinski definition) is 0. The molecule has 1 aromatic carbocycles. The number of esters is 2. The first kappa shape index (κ1) is 42.4. The molecule has 5 heterocycles. The van der Waals surface area contributed by atoms with Gasteiger partial charge in [0.25, 0.3) is 0 Å². The van der Waals surface area contributed by atoms with E-state index >= 15 is 4.39 Å². The standard InChI is InChI=1S/C42H51ClFN5O9/c1-9-54-33(50)15-19-53-18-14-32-46-34-28-12-10-11-13-31(28)56-35(34)36(47-32)49-24-27(21-30(49)38(51)57-40(3,4)5)55-37-29(20-26(43)22-45-37)42(44)16-17-48(23-25(42)2)39(52)58-41(6,7)8/h10-14,18,20,22,25,27,30H,9,15-17,19,21,23-24H2,1-8H3/t25-,27-,30-,42+/m0/s1. The summed E-state index contributed by atoms with van der Waals surface area (Å²) in [6.45, 7) is 14.8. The Balaban J connectivity index is 1.33. The van der Waals surface area contributed by atoms with Gasteiger partial charge in [-0.05, 0) is 66.7 Å². The second-order valence-corrected chi connectivity index (χ2v) is 17.0. The number of likely N-dealkylation sites (tertiary alicyclic amines) is 1. The lowest BCUT2D eigenvalue weighted by Gasteiger charge is -2.42. The summed E-state index contributed by atoms with van der Waals surface area (Å²) in [5.74, 6) is -0.974. The van der Waals surface area contributed by atoms with E-state index in [0.29, 0.717) is 22.5 Å². The summed E-state index contributed by atoms with van der Waals surface area (Å²) in [6, 6.07) is 8.01. The van der Waals surface area contributed by atoms with Gasteiger partial charge in [-0.25, -0.2) is 28.9 Å². The Kier molecular flexibility index (Phi) is 12.4. The fraction of sp³-hybridized carbons (Fsp3) is 0.524. The van der Waals surface area contributed by atoms with Crippen LogP contribution in [0, 0.1) is 5.92 Å². The van der Waals surface area contributed by atoms with Crippen LogP contribution in [0.15, 0.2) is 47.2 Å². The number of amides is 1. The van der Waals surface area contributed by atoms with Gasteiger partial charge in [0.2, 0.25) is 5.88 Å². The lowest BCUT2D eigenvalue weighted by atomic mass is 9.79. The summed E-state index contributed by atoms with van der Waals surface area (Å²) in [7, 11) is 0. The lowest BCUT2D eigenvalue weighted by molar-refractivity contribution is -0.156. The van der Waals surface area contributed by atoms with Crippen LogP contribution in [0.1, 0.15) is 86.0 Å². The van der Waals surface area contributed by atoms with Gasteiger partial charge < -0.3 is 37.9 Å². The van der Waals surface area contributed by atoms with Crippen LogP contribution in [0.5, 0.6) is 5.88 Å². The molecule has 1 amide bonds. The summed E-state index contributed by atoms with van der Waals surface area (Å²) >= 11 is 6.43. The van der Waals surface area contributed by atoms with Gasteiger partial charge in [-0.1, -0.05) is 30.7 Å².